The molecule has 24 heavy (non-hydrogen) atoms. The third-order valence-electron chi connectivity index (χ3n) is 4.43. The van der Waals surface area contributed by atoms with Crippen molar-refractivity contribution in [3.05, 3.63) is 80.2 Å². The van der Waals surface area contributed by atoms with E-state index in [0.717, 1.165) is 0 Å². The maximum Gasteiger partial charge on any atom is -1.00 e. The summed E-state index contributed by atoms with van der Waals surface area (Å²) in [5.74, 6) is 0. The fraction of sp³-hybridized carbons (Fsp3) is 0.238. The van der Waals surface area contributed by atoms with Crippen molar-refractivity contribution in [3.63, 3.8) is 0 Å². The van der Waals surface area contributed by atoms with Gasteiger partial charge in [-0.3, -0.25) is 0 Å². The molecule has 0 fully saturated rings. The fourth-order valence-corrected chi connectivity index (χ4v) is 7.30. The number of hydrogen-bond acceptors (Lipinski definition) is 0. The molecule has 3 heteroatoms. The van der Waals surface area contributed by atoms with Crippen LogP contribution in [0.4, 0.5) is 0 Å². The Bertz CT molecular complexity index is 739. The van der Waals surface area contributed by atoms with E-state index >= 15 is 0 Å². The average Bonchev–Trinajstić information content (AvgIpc) is 3.07. The molecule has 0 N–H and O–H groups in total. The van der Waals surface area contributed by atoms with Crippen molar-refractivity contribution in [3.8, 4) is 11.1 Å². The molecule has 124 valence electrons. The van der Waals surface area contributed by atoms with Crippen LogP contribution in [-0.2, 0) is 23.2 Å². The van der Waals surface area contributed by atoms with Gasteiger partial charge in [0, 0.05) is 0 Å². The predicted octanol–water partition coefficient (Wildman–Crippen LogP) is -0.0564. The van der Waals surface area contributed by atoms with E-state index in [1.807, 2.05) is 0 Å². The van der Waals surface area contributed by atoms with Crippen molar-refractivity contribution >= 4 is 0 Å². The molecule has 0 amide bonds. The van der Waals surface area contributed by atoms with Crippen LogP contribution in [0.25, 0.3) is 11.1 Å². The number of hydrogen-bond donors (Lipinski definition) is 0. The van der Waals surface area contributed by atoms with E-state index < -0.39 is 23.2 Å². The van der Waals surface area contributed by atoms with Crippen molar-refractivity contribution in [1.29, 1.82) is 0 Å². The average molecular weight is 437 g/mol. The monoisotopic (exact) mass is 434 g/mol. The summed E-state index contributed by atoms with van der Waals surface area (Å²) in [7, 11) is 0. The van der Waals surface area contributed by atoms with E-state index in [-0.39, 0.29) is 32.2 Å². The van der Waals surface area contributed by atoms with Gasteiger partial charge in [0.25, 0.3) is 0 Å². The standard InChI is InChI=1S/C15H13.C5H5.CH4.2ClH.Zr/c1-10-3-5-14-12(7-10)9-13-8-11(2)4-6-15(13)14;1-2-4-5-3-1;;;;/h3-9H,1-2H3;1-3H,4H2;1H4;2*1H;/q;;;;;+2/p-2. The van der Waals surface area contributed by atoms with E-state index in [1.54, 1.807) is 14.4 Å². The van der Waals surface area contributed by atoms with Gasteiger partial charge in [-0.2, -0.15) is 0 Å². The molecule has 0 aromatic heterocycles. The molecule has 2 aromatic carbocycles. The molecule has 0 atom stereocenters. The Hall–Kier alpha value is -0.617. The molecule has 0 heterocycles. The van der Waals surface area contributed by atoms with E-state index in [1.165, 1.54) is 28.7 Å². The summed E-state index contributed by atoms with van der Waals surface area (Å²) in [4.78, 5) is 0. The number of aryl methyl sites for hydroxylation is 2. The van der Waals surface area contributed by atoms with Gasteiger partial charge in [-0.05, 0) is 0 Å². The molecule has 0 radical (unpaired) electrons. The first kappa shape index (κ1) is 21.4. The van der Waals surface area contributed by atoms with Crippen molar-refractivity contribution in [2.24, 2.45) is 0 Å². The number of rotatable bonds is 2. The molecule has 0 saturated heterocycles. The van der Waals surface area contributed by atoms with Gasteiger partial charge in [0.2, 0.25) is 0 Å². The zero-order valence-corrected chi connectivity index (χ0v) is 17.2. The van der Waals surface area contributed by atoms with E-state index in [0.29, 0.717) is 3.63 Å². The Kier molecular flexibility index (Phi) is 7.73. The first-order chi connectivity index (χ1) is 10.2. The molecule has 2 aromatic rings. The third-order valence-corrected chi connectivity index (χ3v) is 8.49. The normalized spacial score (nSPS) is 13.7. The molecule has 0 nitrogen and oxygen atoms in total. The van der Waals surface area contributed by atoms with E-state index in [9.17, 15) is 0 Å². The SMILES string of the molecule is C.Cc1ccc2c(c1)[CH]([Zr+2][C]1=CC=CC1)c1cc(C)ccc1-2.[Cl-].[Cl-]. The van der Waals surface area contributed by atoms with Gasteiger partial charge >= 0.3 is 138 Å². The minimum Gasteiger partial charge on any atom is -1.00 e. The number of halogens is 2. The van der Waals surface area contributed by atoms with Gasteiger partial charge in [0.05, 0.1) is 0 Å². The van der Waals surface area contributed by atoms with Crippen LogP contribution in [0, 0.1) is 13.8 Å². The third kappa shape index (κ3) is 3.80. The molecule has 0 unspecified atom stereocenters. The van der Waals surface area contributed by atoms with Crippen LogP contribution in [0.5, 0.6) is 0 Å². The van der Waals surface area contributed by atoms with Gasteiger partial charge in [-0.15, -0.1) is 0 Å². The quantitative estimate of drug-likeness (QED) is 0.619. The van der Waals surface area contributed by atoms with Crippen LogP contribution >= 0.6 is 0 Å². The Morgan fingerprint density at radius 1 is 0.875 bits per heavy atom. The summed E-state index contributed by atoms with van der Waals surface area (Å²) < 4.78 is 2.43. The molecule has 0 spiro atoms. The number of allylic oxidation sites excluding steroid dienone is 4. The Morgan fingerprint density at radius 3 is 1.88 bits per heavy atom. The summed E-state index contributed by atoms with van der Waals surface area (Å²) in [5.41, 5.74) is 8.92. The maximum absolute atomic E-state index is 2.43. The Morgan fingerprint density at radius 2 is 1.42 bits per heavy atom. The van der Waals surface area contributed by atoms with Crippen molar-refractivity contribution in [2.75, 3.05) is 0 Å². The molecule has 0 bridgehead atoms. The Balaban J connectivity index is 0.000000960. The van der Waals surface area contributed by atoms with Crippen molar-refractivity contribution in [2.45, 2.75) is 31.3 Å². The molecular formula is C21H22Cl2Zr. The first-order valence-electron chi connectivity index (χ1n) is 7.56. The summed E-state index contributed by atoms with van der Waals surface area (Å²) in [6.45, 7) is 4.43. The summed E-state index contributed by atoms with van der Waals surface area (Å²) >= 11 is -0.609. The minimum absolute atomic E-state index is 0. The van der Waals surface area contributed by atoms with Crippen LogP contribution in [0.3, 0.4) is 0 Å². The molecule has 0 saturated carbocycles. The zero-order valence-electron chi connectivity index (χ0n) is 13.2. The van der Waals surface area contributed by atoms with Crippen LogP contribution in [0.2, 0.25) is 0 Å². The van der Waals surface area contributed by atoms with Gasteiger partial charge in [-0.25, -0.2) is 0 Å². The smallest absolute Gasteiger partial charge is 1.00 e. The zero-order chi connectivity index (χ0) is 14.4. The second-order valence-electron chi connectivity index (χ2n) is 6.08. The van der Waals surface area contributed by atoms with Crippen LogP contribution < -0.4 is 24.8 Å². The minimum atomic E-state index is -0.609. The van der Waals surface area contributed by atoms with Gasteiger partial charge in [-0.1, -0.05) is 7.43 Å². The van der Waals surface area contributed by atoms with Crippen molar-refractivity contribution < 1.29 is 48.0 Å². The molecule has 2 aliphatic carbocycles. The maximum atomic E-state index is 2.43. The van der Waals surface area contributed by atoms with Crippen LogP contribution in [-0.4, -0.2) is 0 Å². The molecular weight excluding hydrogens is 414 g/mol. The summed E-state index contributed by atoms with van der Waals surface area (Å²) in [6, 6.07) is 14.0. The van der Waals surface area contributed by atoms with Crippen LogP contribution in [0.15, 0.2) is 57.9 Å². The summed E-state index contributed by atoms with van der Waals surface area (Å²) in [6.07, 6.45) is 8.11. The van der Waals surface area contributed by atoms with Crippen molar-refractivity contribution in [1.82, 2.24) is 0 Å². The fourth-order valence-electron chi connectivity index (χ4n) is 3.40. The van der Waals surface area contributed by atoms with Crippen LogP contribution in [0.1, 0.15) is 39.7 Å². The van der Waals surface area contributed by atoms with E-state index in [4.69, 9.17) is 0 Å². The van der Waals surface area contributed by atoms with Gasteiger partial charge in [0.15, 0.2) is 0 Å². The number of benzene rings is 2. The molecule has 4 rings (SSSR count). The Labute approximate surface area is 169 Å². The molecule has 0 aliphatic heterocycles. The number of fused-ring (bicyclic) bond motifs is 3. The first-order valence-corrected chi connectivity index (χ1v) is 10.2. The molecule has 2 aliphatic rings. The summed E-state index contributed by atoms with van der Waals surface area (Å²) in [5, 5.41) is 0. The van der Waals surface area contributed by atoms with E-state index in [2.05, 4.69) is 68.5 Å². The largest absolute Gasteiger partial charge is 1.00 e. The predicted molar refractivity (Wildman–Crippen MR) is 91.8 cm³/mol. The second kappa shape index (κ2) is 8.66. The van der Waals surface area contributed by atoms with Gasteiger partial charge < -0.3 is 24.8 Å². The van der Waals surface area contributed by atoms with Gasteiger partial charge in [0.1, 0.15) is 0 Å². The topological polar surface area (TPSA) is 0 Å². The second-order valence-corrected chi connectivity index (χ2v) is 9.79.